The van der Waals surface area contributed by atoms with Crippen LogP contribution in [-0.2, 0) is 4.79 Å². The highest BCUT2D eigenvalue weighted by molar-refractivity contribution is 6.07. The molecule has 132 valence electrons. The number of rotatable bonds is 6. The molecule has 0 bridgehead atoms. The van der Waals surface area contributed by atoms with Crippen LogP contribution >= 0.6 is 0 Å². The number of fused-ring (bicyclic) bond motifs is 1. The average molecular weight is 350 g/mol. The number of carboxylic acid groups (broad SMARTS) is 1. The van der Waals surface area contributed by atoms with Crippen molar-refractivity contribution in [3.8, 4) is 5.75 Å². The molecule has 0 fully saturated rings. The maximum Gasteiger partial charge on any atom is 0.332 e. The number of amides is 1. The van der Waals surface area contributed by atoms with Crippen LogP contribution in [0.3, 0.4) is 0 Å². The number of carboxylic acids is 1. The first-order chi connectivity index (χ1) is 12.5. The molecule has 2 aromatic carbocycles. The van der Waals surface area contributed by atoms with Crippen LogP contribution in [0.4, 0.5) is 0 Å². The van der Waals surface area contributed by atoms with E-state index in [-0.39, 0.29) is 6.61 Å². The number of hydrogen-bond donors (Lipinski definition) is 2. The lowest BCUT2D eigenvalue weighted by molar-refractivity contribution is -0.145. The summed E-state index contributed by atoms with van der Waals surface area (Å²) >= 11 is 0. The van der Waals surface area contributed by atoms with E-state index in [1.54, 1.807) is 48.5 Å². The third kappa shape index (κ3) is 3.64. The monoisotopic (exact) mass is 350 g/mol. The van der Waals surface area contributed by atoms with E-state index in [0.717, 1.165) is 0 Å². The van der Waals surface area contributed by atoms with Gasteiger partial charge in [0.05, 0.1) is 11.1 Å². The van der Waals surface area contributed by atoms with Crippen molar-refractivity contribution in [2.75, 3.05) is 6.61 Å². The van der Waals surface area contributed by atoms with Gasteiger partial charge in [-0.1, -0.05) is 36.4 Å². The molecule has 1 atom stereocenters. The lowest BCUT2D eigenvalue weighted by Crippen LogP contribution is -2.56. The maximum absolute atomic E-state index is 12.7. The zero-order chi connectivity index (χ0) is 18.6. The van der Waals surface area contributed by atoms with Gasteiger partial charge in [0.25, 0.3) is 5.91 Å². The fraction of sp³-hybridized carbons (Fsp3) is 0.150. The Morgan fingerprint density at radius 3 is 2.50 bits per heavy atom. The van der Waals surface area contributed by atoms with E-state index in [2.05, 4.69) is 10.3 Å². The fourth-order valence-corrected chi connectivity index (χ4v) is 2.51. The number of aromatic nitrogens is 1. The highest BCUT2D eigenvalue weighted by Crippen LogP contribution is 2.18. The SMILES string of the molecule is CC(COc1ccccc1)(NC(=O)c1ccnc2ccccc12)C(=O)O. The summed E-state index contributed by atoms with van der Waals surface area (Å²) in [5.74, 6) is -1.14. The van der Waals surface area contributed by atoms with Gasteiger partial charge < -0.3 is 15.2 Å². The Kier molecular flexibility index (Phi) is 4.84. The summed E-state index contributed by atoms with van der Waals surface area (Å²) in [5.41, 5.74) is -0.558. The van der Waals surface area contributed by atoms with Crippen LogP contribution in [0.5, 0.6) is 5.75 Å². The summed E-state index contributed by atoms with van der Waals surface area (Å²) < 4.78 is 5.55. The van der Waals surface area contributed by atoms with Crippen LogP contribution in [-0.4, -0.2) is 34.1 Å². The number of aliphatic carboxylic acids is 1. The first kappa shape index (κ1) is 17.4. The van der Waals surface area contributed by atoms with Crippen molar-refractivity contribution < 1.29 is 19.4 Å². The second-order valence-electron chi connectivity index (χ2n) is 6.07. The van der Waals surface area contributed by atoms with Crippen molar-refractivity contribution in [2.45, 2.75) is 12.5 Å². The lowest BCUT2D eigenvalue weighted by Gasteiger charge is -2.26. The van der Waals surface area contributed by atoms with Crippen molar-refractivity contribution in [3.63, 3.8) is 0 Å². The standard InChI is InChI=1S/C20H18N2O4/c1-20(19(24)25,13-26-14-7-3-2-4-8-14)22-18(23)16-11-12-21-17-10-6-5-9-15(16)17/h2-12H,13H2,1H3,(H,22,23)(H,24,25). The summed E-state index contributed by atoms with van der Waals surface area (Å²) in [7, 11) is 0. The predicted octanol–water partition coefficient (Wildman–Crippen LogP) is 2.89. The second-order valence-corrected chi connectivity index (χ2v) is 6.07. The molecule has 0 radical (unpaired) electrons. The molecule has 2 N–H and O–H groups in total. The van der Waals surface area contributed by atoms with Crippen molar-refractivity contribution >= 4 is 22.8 Å². The number of carbonyl (C=O) groups excluding carboxylic acids is 1. The molecule has 26 heavy (non-hydrogen) atoms. The highest BCUT2D eigenvalue weighted by Gasteiger charge is 2.36. The van der Waals surface area contributed by atoms with E-state index < -0.39 is 17.4 Å². The van der Waals surface area contributed by atoms with Gasteiger partial charge in [-0.2, -0.15) is 0 Å². The van der Waals surface area contributed by atoms with Crippen LogP contribution in [0.25, 0.3) is 10.9 Å². The summed E-state index contributed by atoms with van der Waals surface area (Å²) in [6.45, 7) is 1.21. The number of benzene rings is 2. The Labute approximate surface area is 150 Å². The Hall–Kier alpha value is -3.41. The molecule has 0 saturated carbocycles. The van der Waals surface area contributed by atoms with Crippen molar-refractivity contribution in [2.24, 2.45) is 0 Å². The van der Waals surface area contributed by atoms with Crippen LogP contribution in [0, 0.1) is 0 Å². The van der Waals surface area contributed by atoms with E-state index in [9.17, 15) is 14.7 Å². The minimum absolute atomic E-state index is 0.207. The van der Waals surface area contributed by atoms with E-state index in [1.165, 1.54) is 13.1 Å². The number of hydrogen-bond acceptors (Lipinski definition) is 4. The molecule has 3 rings (SSSR count). The van der Waals surface area contributed by atoms with Gasteiger partial charge in [-0.25, -0.2) is 4.79 Å². The molecule has 0 aliphatic heterocycles. The molecule has 6 nitrogen and oxygen atoms in total. The first-order valence-electron chi connectivity index (χ1n) is 8.07. The molecular formula is C20H18N2O4. The van der Waals surface area contributed by atoms with Gasteiger partial charge in [-0.15, -0.1) is 0 Å². The number of pyridine rings is 1. The van der Waals surface area contributed by atoms with Crippen molar-refractivity contribution in [3.05, 3.63) is 72.4 Å². The van der Waals surface area contributed by atoms with Gasteiger partial charge in [0.2, 0.25) is 0 Å². The van der Waals surface area contributed by atoms with Crippen molar-refractivity contribution in [1.82, 2.24) is 10.3 Å². The normalized spacial score (nSPS) is 13.0. The third-order valence-corrected chi connectivity index (χ3v) is 4.03. The molecule has 0 aliphatic carbocycles. The molecule has 6 heteroatoms. The first-order valence-corrected chi connectivity index (χ1v) is 8.07. The Bertz CT molecular complexity index is 937. The Balaban J connectivity index is 1.82. The Morgan fingerprint density at radius 2 is 1.77 bits per heavy atom. The topological polar surface area (TPSA) is 88.5 Å². The van der Waals surface area contributed by atoms with E-state index in [1.807, 2.05) is 12.1 Å². The minimum atomic E-state index is -1.59. The number of para-hydroxylation sites is 2. The smallest absolute Gasteiger partial charge is 0.332 e. The second kappa shape index (κ2) is 7.23. The molecule has 1 aromatic heterocycles. The maximum atomic E-state index is 12.7. The average Bonchev–Trinajstić information content (AvgIpc) is 2.66. The molecule has 1 unspecified atom stereocenters. The zero-order valence-electron chi connectivity index (χ0n) is 14.2. The van der Waals surface area contributed by atoms with Gasteiger partial charge in [-0.3, -0.25) is 9.78 Å². The molecule has 3 aromatic rings. The molecular weight excluding hydrogens is 332 g/mol. The van der Waals surface area contributed by atoms with Crippen LogP contribution in [0.15, 0.2) is 66.9 Å². The van der Waals surface area contributed by atoms with E-state index in [4.69, 9.17) is 4.74 Å². The van der Waals surface area contributed by atoms with Gasteiger partial charge >= 0.3 is 5.97 Å². The molecule has 0 aliphatic rings. The summed E-state index contributed by atoms with van der Waals surface area (Å²) in [4.78, 5) is 28.7. The minimum Gasteiger partial charge on any atom is -0.491 e. The largest absolute Gasteiger partial charge is 0.491 e. The zero-order valence-corrected chi connectivity index (χ0v) is 14.2. The molecule has 0 saturated heterocycles. The van der Waals surface area contributed by atoms with Crippen molar-refractivity contribution in [1.29, 1.82) is 0 Å². The summed E-state index contributed by atoms with van der Waals surface area (Å²) in [5, 5.41) is 12.8. The number of nitrogens with one attached hydrogen (secondary N) is 1. The predicted molar refractivity (Wildman–Crippen MR) is 97.2 cm³/mol. The highest BCUT2D eigenvalue weighted by atomic mass is 16.5. The summed E-state index contributed by atoms with van der Waals surface area (Å²) in [6, 6.07) is 17.6. The summed E-state index contributed by atoms with van der Waals surface area (Å²) in [6.07, 6.45) is 1.52. The fourth-order valence-electron chi connectivity index (χ4n) is 2.51. The molecule has 1 heterocycles. The van der Waals surface area contributed by atoms with Gasteiger partial charge in [0.15, 0.2) is 5.54 Å². The molecule has 1 amide bonds. The number of carbonyl (C=O) groups is 2. The number of ether oxygens (including phenoxy) is 1. The number of nitrogens with zero attached hydrogens (tertiary/aromatic N) is 1. The van der Waals surface area contributed by atoms with E-state index >= 15 is 0 Å². The molecule has 0 spiro atoms. The Morgan fingerprint density at radius 1 is 1.08 bits per heavy atom. The van der Waals surface area contributed by atoms with E-state index in [0.29, 0.717) is 22.2 Å². The van der Waals surface area contributed by atoms with Gasteiger partial charge in [-0.05, 0) is 31.2 Å². The van der Waals surface area contributed by atoms with Crippen LogP contribution in [0.2, 0.25) is 0 Å². The quantitative estimate of drug-likeness (QED) is 0.714. The van der Waals surface area contributed by atoms with Crippen LogP contribution < -0.4 is 10.1 Å². The van der Waals surface area contributed by atoms with Gasteiger partial charge in [0.1, 0.15) is 12.4 Å². The van der Waals surface area contributed by atoms with Gasteiger partial charge in [0, 0.05) is 11.6 Å². The lowest BCUT2D eigenvalue weighted by atomic mass is 10.0. The third-order valence-electron chi connectivity index (χ3n) is 4.03. The van der Waals surface area contributed by atoms with Crippen LogP contribution in [0.1, 0.15) is 17.3 Å².